The summed E-state index contributed by atoms with van der Waals surface area (Å²) in [6.45, 7) is 3.81. The summed E-state index contributed by atoms with van der Waals surface area (Å²) >= 11 is 0. The van der Waals surface area contributed by atoms with E-state index in [1.807, 2.05) is 13.8 Å². The van der Waals surface area contributed by atoms with Crippen LogP contribution in [0, 0.1) is 0 Å². The molecule has 0 spiro atoms. The zero-order chi connectivity index (χ0) is 9.19. The van der Waals surface area contributed by atoms with E-state index in [-0.39, 0.29) is 12.5 Å². The van der Waals surface area contributed by atoms with Gasteiger partial charge in [0.1, 0.15) is 0 Å². The number of hydrogen-bond acceptors (Lipinski definition) is 1. The van der Waals surface area contributed by atoms with Crippen LogP contribution in [0.25, 0.3) is 0 Å². The van der Waals surface area contributed by atoms with Crippen molar-refractivity contribution in [3.05, 3.63) is 0 Å². The molecule has 1 rings (SSSR count). The summed E-state index contributed by atoms with van der Waals surface area (Å²) in [6.07, 6.45) is 2.27. The molecule has 12 heavy (non-hydrogen) atoms. The Morgan fingerprint density at radius 2 is 2.00 bits per heavy atom. The molecule has 0 aromatic carbocycles. The van der Waals surface area contributed by atoms with Crippen molar-refractivity contribution >= 4 is 0 Å². The summed E-state index contributed by atoms with van der Waals surface area (Å²) < 4.78 is 26.3. The maximum absolute atomic E-state index is 13.2. The second-order valence-electron chi connectivity index (χ2n) is 3.88. The lowest BCUT2D eigenvalue weighted by atomic mass is 9.91. The maximum Gasteiger partial charge on any atom is 0.263 e. The first-order valence-electron chi connectivity index (χ1n) is 4.66. The average molecular weight is 177 g/mol. The molecule has 1 aliphatic carbocycles. The third kappa shape index (κ3) is 2.41. The van der Waals surface area contributed by atoms with Crippen molar-refractivity contribution in [3.8, 4) is 0 Å². The van der Waals surface area contributed by atoms with Crippen molar-refractivity contribution in [2.75, 3.05) is 0 Å². The normalized spacial score (nSPS) is 29.2. The summed E-state index contributed by atoms with van der Waals surface area (Å²) in [5, 5.41) is 2.92. The molecule has 1 N–H and O–H groups in total. The highest BCUT2D eigenvalue weighted by atomic mass is 19.3. The molecule has 0 aromatic rings. The van der Waals surface area contributed by atoms with Crippen molar-refractivity contribution in [2.24, 2.45) is 0 Å². The number of rotatable bonds is 2. The molecule has 0 amide bonds. The molecule has 0 unspecified atom stereocenters. The van der Waals surface area contributed by atoms with Crippen LogP contribution in [0.3, 0.4) is 0 Å². The minimum absolute atomic E-state index is 0.0530. The third-order valence-electron chi connectivity index (χ3n) is 2.30. The molecule has 1 aliphatic rings. The van der Waals surface area contributed by atoms with E-state index in [4.69, 9.17) is 0 Å². The van der Waals surface area contributed by atoms with Crippen LogP contribution >= 0.6 is 0 Å². The lowest BCUT2D eigenvalue weighted by Crippen LogP contribution is -2.49. The molecule has 0 radical (unpaired) electrons. The van der Waals surface area contributed by atoms with E-state index in [9.17, 15) is 8.78 Å². The molecule has 1 fully saturated rings. The van der Waals surface area contributed by atoms with E-state index < -0.39 is 12.0 Å². The van der Waals surface area contributed by atoms with E-state index >= 15 is 0 Å². The highest BCUT2D eigenvalue weighted by Gasteiger charge is 2.41. The smallest absolute Gasteiger partial charge is 0.263 e. The molecule has 0 bridgehead atoms. The van der Waals surface area contributed by atoms with Crippen LogP contribution in [0.1, 0.15) is 39.5 Å². The second-order valence-corrected chi connectivity index (χ2v) is 3.88. The largest absolute Gasteiger partial charge is 0.306 e. The van der Waals surface area contributed by atoms with E-state index in [0.29, 0.717) is 12.8 Å². The fourth-order valence-corrected chi connectivity index (χ4v) is 1.70. The molecule has 0 heterocycles. The van der Waals surface area contributed by atoms with E-state index in [1.165, 1.54) is 0 Å². The second kappa shape index (κ2) is 3.69. The lowest BCUT2D eigenvalue weighted by molar-refractivity contribution is -0.0657. The molecule has 3 heteroatoms. The molecular weight excluding hydrogens is 160 g/mol. The average Bonchev–Trinajstić information content (AvgIpc) is 1.92. The Morgan fingerprint density at radius 3 is 2.50 bits per heavy atom. The van der Waals surface area contributed by atoms with Gasteiger partial charge < -0.3 is 5.32 Å². The van der Waals surface area contributed by atoms with Crippen LogP contribution in [-0.2, 0) is 0 Å². The molecule has 0 aliphatic heterocycles. The van der Waals surface area contributed by atoms with Gasteiger partial charge in [0.2, 0.25) is 0 Å². The Labute approximate surface area is 72.5 Å². The predicted octanol–water partition coefficient (Wildman–Crippen LogP) is 2.56. The fourth-order valence-electron chi connectivity index (χ4n) is 1.70. The lowest BCUT2D eigenvalue weighted by Gasteiger charge is -2.33. The van der Waals surface area contributed by atoms with Crippen molar-refractivity contribution in [2.45, 2.75) is 57.5 Å². The van der Waals surface area contributed by atoms with Gasteiger partial charge in [-0.1, -0.05) is 20.3 Å². The number of hydrogen-bond donors (Lipinski definition) is 1. The van der Waals surface area contributed by atoms with Crippen molar-refractivity contribution in [1.82, 2.24) is 5.32 Å². The molecule has 1 atom stereocenters. The summed E-state index contributed by atoms with van der Waals surface area (Å²) in [5.41, 5.74) is 0. The zero-order valence-corrected chi connectivity index (χ0v) is 7.74. The summed E-state index contributed by atoms with van der Waals surface area (Å²) in [4.78, 5) is 0. The van der Waals surface area contributed by atoms with Gasteiger partial charge in [0.25, 0.3) is 5.92 Å². The fraction of sp³-hybridized carbons (Fsp3) is 1.00. The monoisotopic (exact) mass is 177 g/mol. The topological polar surface area (TPSA) is 12.0 Å². The van der Waals surface area contributed by atoms with E-state index in [1.54, 1.807) is 0 Å². The molecule has 1 saturated carbocycles. The van der Waals surface area contributed by atoms with Gasteiger partial charge in [-0.2, -0.15) is 0 Å². The first kappa shape index (κ1) is 9.90. The molecule has 1 nitrogen and oxygen atoms in total. The van der Waals surface area contributed by atoms with Crippen LogP contribution in [0.15, 0.2) is 0 Å². The van der Waals surface area contributed by atoms with Gasteiger partial charge in [-0.15, -0.1) is 0 Å². The molecular formula is C9H17F2N. The predicted molar refractivity (Wildman–Crippen MR) is 45.5 cm³/mol. The Bertz CT molecular complexity index is 145. The van der Waals surface area contributed by atoms with Crippen molar-refractivity contribution < 1.29 is 8.78 Å². The Kier molecular flexibility index (Phi) is 3.04. The van der Waals surface area contributed by atoms with Gasteiger partial charge in [-0.25, -0.2) is 8.78 Å². The minimum atomic E-state index is -2.48. The summed E-state index contributed by atoms with van der Waals surface area (Å²) in [7, 11) is 0. The Balaban J connectivity index is 2.48. The highest BCUT2D eigenvalue weighted by molar-refractivity contribution is 4.87. The summed E-state index contributed by atoms with van der Waals surface area (Å²) in [5.74, 6) is -2.48. The first-order chi connectivity index (χ1) is 5.52. The first-order valence-corrected chi connectivity index (χ1v) is 4.66. The van der Waals surface area contributed by atoms with Crippen molar-refractivity contribution in [1.29, 1.82) is 0 Å². The molecule has 0 saturated heterocycles. The van der Waals surface area contributed by atoms with Crippen molar-refractivity contribution in [3.63, 3.8) is 0 Å². The number of alkyl halides is 2. The van der Waals surface area contributed by atoms with E-state index in [0.717, 1.165) is 6.42 Å². The Morgan fingerprint density at radius 1 is 1.33 bits per heavy atom. The zero-order valence-electron chi connectivity index (χ0n) is 7.74. The van der Waals surface area contributed by atoms with Gasteiger partial charge in [0.05, 0.1) is 6.04 Å². The SMILES string of the molecule is CC(C)N[C@H]1CCCCC1(F)F. The van der Waals surface area contributed by atoms with Gasteiger partial charge in [0.15, 0.2) is 0 Å². The third-order valence-corrected chi connectivity index (χ3v) is 2.30. The van der Waals surface area contributed by atoms with E-state index in [2.05, 4.69) is 5.32 Å². The van der Waals surface area contributed by atoms with Gasteiger partial charge in [0, 0.05) is 12.5 Å². The Hall–Kier alpha value is -0.180. The van der Waals surface area contributed by atoms with Gasteiger partial charge >= 0.3 is 0 Å². The van der Waals surface area contributed by atoms with Gasteiger partial charge in [-0.05, 0) is 12.8 Å². The van der Waals surface area contributed by atoms with Crippen LogP contribution in [0.2, 0.25) is 0 Å². The quantitative estimate of drug-likeness (QED) is 0.683. The van der Waals surface area contributed by atoms with Crippen LogP contribution in [-0.4, -0.2) is 18.0 Å². The van der Waals surface area contributed by atoms with Gasteiger partial charge in [-0.3, -0.25) is 0 Å². The number of nitrogens with one attached hydrogen (secondary N) is 1. The molecule has 0 aromatic heterocycles. The highest BCUT2D eigenvalue weighted by Crippen LogP contribution is 2.33. The standard InChI is InChI=1S/C9H17F2N/c1-7(2)12-8-5-3-4-6-9(8,10)11/h7-8,12H,3-6H2,1-2H3/t8-/m0/s1. The van der Waals surface area contributed by atoms with Crippen LogP contribution < -0.4 is 5.32 Å². The minimum Gasteiger partial charge on any atom is -0.306 e. The molecule has 72 valence electrons. The van der Waals surface area contributed by atoms with Crippen LogP contribution in [0.5, 0.6) is 0 Å². The number of halogens is 2. The van der Waals surface area contributed by atoms with Crippen LogP contribution in [0.4, 0.5) is 8.78 Å². The maximum atomic E-state index is 13.2. The summed E-state index contributed by atoms with van der Waals surface area (Å²) in [6, 6.07) is -0.440.